The van der Waals surface area contributed by atoms with E-state index >= 15 is 0 Å². The Kier molecular flexibility index (Phi) is 4.79. The molecule has 3 aromatic heterocycles. The topological polar surface area (TPSA) is 112 Å². The van der Waals surface area contributed by atoms with Gasteiger partial charge in [0, 0.05) is 36.8 Å². The molecule has 0 unspecified atom stereocenters. The van der Waals surface area contributed by atoms with Crippen LogP contribution in [0.25, 0.3) is 22.5 Å². The van der Waals surface area contributed by atoms with E-state index in [2.05, 4.69) is 31.8 Å². The lowest BCUT2D eigenvalue weighted by atomic mass is 10.0. The number of nitrogens with two attached hydrogens (primary N) is 1. The van der Waals surface area contributed by atoms with Crippen molar-refractivity contribution in [1.82, 2.24) is 34.5 Å². The van der Waals surface area contributed by atoms with Gasteiger partial charge >= 0.3 is 0 Å². The Labute approximate surface area is 168 Å². The second-order valence-electron chi connectivity index (χ2n) is 6.93. The van der Waals surface area contributed by atoms with Crippen LogP contribution in [-0.4, -0.2) is 41.6 Å². The summed E-state index contributed by atoms with van der Waals surface area (Å²) in [5, 5.41) is 11.4. The number of benzene rings is 1. The summed E-state index contributed by atoms with van der Waals surface area (Å²) < 4.78 is 9.43. The zero-order valence-corrected chi connectivity index (χ0v) is 17.0. The Hall–Kier alpha value is -3.62. The number of anilines is 1. The van der Waals surface area contributed by atoms with E-state index in [1.165, 1.54) is 0 Å². The zero-order chi connectivity index (χ0) is 20.5. The van der Waals surface area contributed by atoms with Crippen LogP contribution in [-0.2, 0) is 20.0 Å². The lowest BCUT2D eigenvalue weighted by molar-refractivity contribution is 0.415. The van der Waals surface area contributed by atoms with Crippen molar-refractivity contribution in [1.29, 1.82) is 0 Å². The first-order valence-electron chi connectivity index (χ1n) is 9.34. The third-order valence-corrected chi connectivity index (χ3v) is 5.07. The fraction of sp³-hybridized carbons (Fsp3) is 0.300. The summed E-state index contributed by atoms with van der Waals surface area (Å²) in [5.41, 5.74) is 11.6. The molecule has 0 aliphatic heterocycles. The van der Waals surface area contributed by atoms with Gasteiger partial charge in [-0.2, -0.15) is 10.1 Å². The van der Waals surface area contributed by atoms with E-state index < -0.39 is 0 Å². The van der Waals surface area contributed by atoms with E-state index in [0.29, 0.717) is 13.0 Å². The molecule has 0 saturated carbocycles. The van der Waals surface area contributed by atoms with Crippen molar-refractivity contribution in [3.8, 4) is 28.3 Å². The summed E-state index contributed by atoms with van der Waals surface area (Å²) in [5.74, 6) is 1.78. The quantitative estimate of drug-likeness (QED) is 0.521. The molecule has 0 atom stereocenters. The van der Waals surface area contributed by atoms with Crippen molar-refractivity contribution >= 4 is 5.95 Å². The van der Waals surface area contributed by atoms with E-state index in [0.717, 1.165) is 45.5 Å². The maximum Gasteiger partial charge on any atom is 0.239 e. The molecule has 9 heteroatoms. The highest BCUT2D eigenvalue weighted by Gasteiger charge is 2.22. The van der Waals surface area contributed by atoms with Crippen LogP contribution in [0.4, 0.5) is 5.95 Å². The Morgan fingerprint density at radius 3 is 2.72 bits per heavy atom. The first-order chi connectivity index (χ1) is 14.0. The lowest BCUT2D eigenvalue weighted by Crippen LogP contribution is -2.05. The minimum atomic E-state index is 0.252. The molecule has 29 heavy (non-hydrogen) atoms. The van der Waals surface area contributed by atoms with Gasteiger partial charge in [-0.3, -0.25) is 9.78 Å². The number of imidazole rings is 1. The molecular formula is C20H24N8O. The number of nitrogens with zero attached hydrogens (tertiary/aromatic N) is 6. The fourth-order valence-corrected chi connectivity index (χ4v) is 3.56. The molecular weight excluding hydrogens is 368 g/mol. The van der Waals surface area contributed by atoms with Crippen molar-refractivity contribution in [3.05, 3.63) is 47.8 Å². The second kappa shape index (κ2) is 7.42. The number of ether oxygens (including phenoxy) is 1. The van der Waals surface area contributed by atoms with E-state index in [-0.39, 0.29) is 5.95 Å². The van der Waals surface area contributed by atoms with Crippen LogP contribution in [0.15, 0.2) is 30.6 Å². The van der Waals surface area contributed by atoms with E-state index in [9.17, 15) is 0 Å². The SMILES string of the molecule is COc1cccc(-c2ncn(CCc3nc(N)n[nH]3)c2-c2c(C)nn(C)c2C)c1. The number of nitrogens with one attached hydrogen (secondary N) is 1. The fourth-order valence-electron chi connectivity index (χ4n) is 3.56. The summed E-state index contributed by atoms with van der Waals surface area (Å²) >= 11 is 0. The standard InChI is InChI=1S/C20H24N8O/c1-12-17(13(2)27(3)26-12)19-18(14-6-5-7-15(10-14)29-4)22-11-28(19)9-8-16-23-20(21)25-24-16/h5-7,10-11H,8-9H2,1-4H3,(H3,21,23,24,25). The Morgan fingerprint density at radius 2 is 2.07 bits per heavy atom. The van der Waals surface area contributed by atoms with Crippen LogP contribution in [0.3, 0.4) is 0 Å². The van der Waals surface area contributed by atoms with Crippen molar-refractivity contribution in [2.45, 2.75) is 26.8 Å². The number of rotatable bonds is 6. The van der Waals surface area contributed by atoms with Crippen LogP contribution < -0.4 is 10.5 Å². The Balaban J connectivity index is 1.82. The van der Waals surface area contributed by atoms with Gasteiger partial charge in [0.1, 0.15) is 11.6 Å². The molecule has 3 heterocycles. The molecule has 0 spiro atoms. The Morgan fingerprint density at radius 1 is 1.24 bits per heavy atom. The van der Waals surface area contributed by atoms with Crippen LogP contribution >= 0.6 is 0 Å². The summed E-state index contributed by atoms with van der Waals surface area (Å²) in [6.45, 7) is 4.76. The van der Waals surface area contributed by atoms with Crippen LogP contribution in [0.5, 0.6) is 5.75 Å². The highest BCUT2D eigenvalue weighted by Crippen LogP contribution is 2.36. The molecule has 9 nitrogen and oxygen atoms in total. The van der Waals surface area contributed by atoms with Gasteiger partial charge in [0.25, 0.3) is 0 Å². The first kappa shape index (κ1) is 18.7. The number of hydrogen-bond acceptors (Lipinski definition) is 6. The van der Waals surface area contributed by atoms with Gasteiger partial charge < -0.3 is 15.0 Å². The predicted octanol–water partition coefficient (Wildman–Crippen LogP) is 2.52. The van der Waals surface area contributed by atoms with Gasteiger partial charge in [0.2, 0.25) is 5.95 Å². The van der Waals surface area contributed by atoms with E-state index in [1.54, 1.807) is 7.11 Å². The Bertz CT molecular complexity index is 1150. The van der Waals surface area contributed by atoms with E-state index in [4.69, 9.17) is 15.5 Å². The average molecular weight is 392 g/mol. The molecule has 3 N–H and O–H groups in total. The normalized spacial score (nSPS) is 11.2. The van der Waals surface area contributed by atoms with Gasteiger partial charge in [0.05, 0.1) is 30.5 Å². The highest BCUT2D eigenvalue weighted by molar-refractivity contribution is 5.81. The number of aryl methyl sites for hydroxylation is 4. The molecule has 0 aliphatic rings. The third kappa shape index (κ3) is 3.46. The summed E-state index contributed by atoms with van der Waals surface area (Å²) in [6.07, 6.45) is 2.51. The van der Waals surface area contributed by atoms with E-state index in [1.807, 2.05) is 49.2 Å². The van der Waals surface area contributed by atoms with Crippen molar-refractivity contribution in [2.75, 3.05) is 12.8 Å². The van der Waals surface area contributed by atoms with Crippen molar-refractivity contribution in [2.24, 2.45) is 7.05 Å². The molecule has 0 fully saturated rings. The number of hydrogen-bond donors (Lipinski definition) is 2. The molecule has 150 valence electrons. The summed E-state index contributed by atoms with van der Waals surface area (Å²) in [4.78, 5) is 8.95. The molecule has 0 radical (unpaired) electrons. The minimum absolute atomic E-state index is 0.252. The van der Waals surface area contributed by atoms with Gasteiger partial charge in [0.15, 0.2) is 0 Å². The van der Waals surface area contributed by atoms with Crippen molar-refractivity contribution < 1.29 is 4.74 Å². The minimum Gasteiger partial charge on any atom is -0.497 e. The van der Waals surface area contributed by atoms with Crippen LogP contribution in [0, 0.1) is 13.8 Å². The number of aromatic nitrogens is 7. The monoisotopic (exact) mass is 392 g/mol. The third-order valence-electron chi connectivity index (χ3n) is 5.07. The molecule has 4 aromatic rings. The average Bonchev–Trinajstić information content (AvgIpc) is 3.38. The summed E-state index contributed by atoms with van der Waals surface area (Å²) in [7, 11) is 3.62. The van der Waals surface area contributed by atoms with Gasteiger partial charge in [-0.05, 0) is 26.0 Å². The number of methoxy groups -OCH3 is 1. The maximum absolute atomic E-state index is 5.62. The van der Waals surface area contributed by atoms with Crippen LogP contribution in [0.1, 0.15) is 17.2 Å². The molecule has 4 rings (SSSR count). The molecule has 0 bridgehead atoms. The largest absolute Gasteiger partial charge is 0.497 e. The smallest absolute Gasteiger partial charge is 0.239 e. The second-order valence-corrected chi connectivity index (χ2v) is 6.93. The van der Waals surface area contributed by atoms with Gasteiger partial charge in [-0.1, -0.05) is 12.1 Å². The zero-order valence-electron chi connectivity index (χ0n) is 17.0. The van der Waals surface area contributed by atoms with Crippen molar-refractivity contribution in [3.63, 3.8) is 0 Å². The predicted molar refractivity (Wildman–Crippen MR) is 110 cm³/mol. The molecule has 0 aliphatic carbocycles. The van der Waals surface area contributed by atoms with Gasteiger partial charge in [-0.25, -0.2) is 4.98 Å². The maximum atomic E-state index is 5.62. The number of aromatic amines is 1. The highest BCUT2D eigenvalue weighted by atomic mass is 16.5. The molecule has 0 amide bonds. The summed E-state index contributed by atoms with van der Waals surface area (Å²) in [6, 6.07) is 7.93. The number of H-pyrrole nitrogens is 1. The van der Waals surface area contributed by atoms with Crippen LogP contribution in [0.2, 0.25) is 0 Å². The first-order valence-corrected chi connectivity index (χ1v) is 9.34. The molecule has 1 aromatic carbocycles. The van der Waals surface area contributed by atoms with Gasteiger partial charge in [-0.15, -0.1) is 5.10 Å². The number of nitrogen functional groups attached to an aromatic ring is 1. The molecule has 0 saturated heterocycles. The lowest BCUT2D eigenvalue weighted by Gasteiger charge is -2.11.